The predicted molar refractivity (Wildman–Crippen MR) is 85.1 cm³/mol. The van der Waals surface area contributed by atoms with Crippen LogP contribution in [0.2, 0.25) is 0 Å². The van der Waals surface area contributed by atoms with Gasteiger partial charge in [-0.3, -0.25) is 14.5 Å². The van der Waals surface area contributed by atoms with Crippen molar-refractivity contribution in [2.24, 2.45) is 13.0 Å². The van der Waals surface area contributed by atoms with Crippen LogP contribution in [-0.4, -0.2) is 63.5 Å². The lowest BCUT2D eigenvalue weighted by Gasteiger charge is -2.42. The highest BCUT2D eigenvalue weighted by atomic mass is 16.3. The van der Waals surface area contributed by atoms with Crippen LogP contribution in [0.5, 0.6) is 0 Å². The summed E-state index contributed by atoms with van der Waals surface area (Å²) in [5.41, 5.74) is 2.57. The minimum Gasteiger partial charge on any atom is -0.396 e. The minimum absolute atomic E-state index is 0.277. The number of piperazine rings is 1. The van der Waals surface area contributed by atoms with E-state index >= 15 is 0 Å². The molecule has 0 radical (unpaired) electrons. The SMILES string of the molecule is Cc1c(CN2CCN(CC(C)C)C(CCO)C2)cnn1C. The van der Waals surface area contributed by atoms with E-state index in [4.69, 9.17) is 0 Å². The van der Waals surface area contributed by atoms with Crippen molar-refractivity contribution in [1.29, 1.82) is 0 Å². The average Bonchev–Trinajstić information content (AvgIpc) is 2.73. The van der Waals surface area contributed by atoms with Crippen molar-refractivity contribution in [2.45, 2.75) is 39.8 Å². The lowest BCUT2D eigenvalue weighted by atomic mass is 10.1. The molecule has 2 heterocycles. The Morgan fingerprint density at radius 2 is 2.14 bits per heavy atom. The van der Waals surface area contributed by atoms with Gasteiger partial charge in [-0.2, -0.15) is 5.10 Å². The van der Waals surface area contributed by atoms with Gasteiger partial charge in [-0.15, -0.1) is 0 Å². The zero-order valence-corrected chi connectivity index (χ0v) is 13.9. The van der Waals surface area contributed by atoms with Gasteiger partial charge in [0.15, 0.2) is 0 Å². The Bertz CT molecular complexity index is 443. The largest absolute Gasteiger partial charge is 0.396 e. The van der Waals surface area contributed by atoms with E-state index in [1.807, 2.05) is 17.9 Å². The second-order valence-electron chi connectivity index (χ2n) is 6.67. The van der Waals surface area contributed by atoms with Gasteiger partial charge in [-0.05, 0) is 19.3 Å². The lowest BCUT2D eigenvalue weighted by molar-refractivity contribution is 0.0476. The molecule has 1 N–H and O–H groups in total. The van der Waals surface area contributed by atoms with Crippen molar-refractivity contribution in [3.63, 3.8) is 0 Å². The third kappa shape index (κ3) is 4.28. The van der Waals surface area contributed by atoms with Gasteiger partial charge in [0, 0.05) is 63.7 Å². The number of aliphatic hydroxyl groups is 1. The number of nitrogens with zero attached hydrogens (tertiary/aromatic N) is 4. The highest BCUT2D eigenvalue weighted by Gasteiger charge is 2.27. The third-order valence-electron chi connectivity index (χ3n) is 4.48. The molecule has 2 rings (SSSR count). The molecule has 0 aromatic carbocycles. The molecule has 0 saturated carbocycles. The minimum atomic E-state index is 0.277. The monoisotopic (exact) mass is 294 g/mol. The van der Waals surface area contributed by atoms with Gasteiger partial charge in [0.05, 0.1) is 6.20 Å². The van der Waals surface area contributed by atoms with Crippen molar-refractivity contribution in [1.82, 2.24) is 19.6 Å². The molecule has 0 spiro atoms. The summed E-state index contributed by atoms with van der Waals surface area (Å²) in [7, 11) is 1.99. The molecule has 1 aliphatic heterocycles. The Balaban J connectivity index is 1.96. The van der Waals surface area contributed by atoms with Gasteiger partial charge in [0.25, 0.3) is 0 Å². The summed E-state index contributed by atoms with van der Waals surface area (Å²) in [6.07, 6.45) is 2.85. The van der Waals surface area contributed by atoms with Crippen molar-refractivity contribution < 1.29 is 5.11 Å². The van der Waals surface area contributed by atoms with E-state index in [0.29, 0.717) is 12.0 Å². The van der Waals surface area contributed by atoms with E-state index in [-0.39, 0.29) is 6.61 Å². The molecule has 1 unspecified atom stereocenters. The molecule has 21 heavy (non-hydrogen) atoms. The molecular formula is C16H30N4O. The van der Waals surface area contributed by atoms with Crippen molar-refractivity contribution in [2.75, 3.05) is 32.8 Å². The number of rotatable bonds is 6. The number of aryl methyl sites for hydroxylation is 1. The molecule has 1 aromatic heterocycles. The Morgan fingerprint density at radius 1 is 1.38 bits per heavy atom. The fourth-order valence-electron chi connectivity index (χ4n) is 3.17. The van der Waals surface area contributed by atoms with Crippen LogP contribution in [-0.2, 0) is 13.6 Å². The number of aliphatic hydroxyl groups excluding tert-OH is 1. The zero-order valence-electron chi connectivity index (χ0n) is 13.9. The standard InChI is InChI=1S/C16H30N4O/c1-13(2)10-20-7-6-19(12-16(20)5-8-21)11-15-9-17-18(4)14(15)3/h9,13,16,21H,5-8,10-12H2,1-4H3. The molecule has 5 heteroatoms. The topological polar surface area (TPSA) is 44.5 Å². The molecular weight excluding hydrogens is 264 g/mol. The smallest absolute Gasteiger partial charge is 0.0537 e. The molecule has 1 fully saturated rings. The van der Waals surface area contributed by atoms with Crippen LogP contribution in [0.25, 0.3) is 0 Å². The lowest BCUT2D eigenvalue weighted by Crippen LogP contribution is -2.53. The van der Waals surface area contributed by atoms with Crippen LogP contribution in [0, 0.1) is 12.8 Å². The fraction of sp³-hybridized carbons (Fsp3) is 0.812. The third-order valence-corrected chi connectivity index (χ3v) is 4.48. The first kappa shape index (κ1) is 16.5. The second-order valence-corrected chi connectivity index (χ2v) is 6.67. The van der Waals surface area contributed by atoms with E-state index in [1.165, 1.54) is 11.3 Å². The maximum absolute atomic E-state index is 9.34. The van der Waals surface area contributed by atoms with Crippen LogP contribution in [0.1, 0.15) is 31.5 Å². The Hall–Kier alpha value is -0.910. The molecule has 1 aliphatic rings. The summed E-state index contributed by atoms with van der Waals surface area (Å²) >= 11 is 0. The van der Waals surface area contributed by atoms with Gasteiger partial charge >= 0.3 is 0 Å². The van der Waals surface area contributed by atoms with Crippen molar-refractivity contribution >= 4 is 0 Å². The quantitative estimate of drug-likeness (QED) is 0.858. The first-order valence-electron chi connectivity index (χ1n) is 8.06. The zero-order chi connectivity index (χ0) is 15.4. The summed E-state index contributed by atoms with van der Waals surface area (Å²) < 4.78 is 1.94. The van der Waals surface area contributed by atoms with E-state index in [0.717, 1.165) is 39.1 Å². The van der Waals surface area contributed by atoms with E-state index in [2.05, 4.69) is 35.7 Å². The van der Waals surface area contributed by atoms with Crippen LogP contribution >= 0.6 is 0 Å². The molecule has 5 nitrogen and oxygen atoms in total. The fourth-order valence-corrected chi connectivity index (χ4v) is 3.17. The predicted octanol–water partition coefficient (Wildman–Crippen LogP) is 1.25. The van der Waals surface area contributed by atoms with Crippen LogP contribution in [0.3, 0.4) is 0 Å². The Kier molecular flexibility index (Phi) is 5.79. The summed E-state index contributed by atoms with van der Waals surface area (Å²) in [4.78, 5) is 5.05. The summed E-state index contributed by atoms with van der Waals surface area (Å²) in [5.74, 6) is 0.679. The Morgan fingerprint density at radius 3 is 2.71 bits per heavy atom. The van der Waals surface area contributed by atoms with Crippen LogP contribution in [0.15, 0.2) is 6.20 Å². The van der Waals surface area contributed by atoms with Gasteiger partial charge in [0.2, 0.25) is 0 Å². The molecule has 0 amide bonds. The molecule has 120 valence electrons. The first-order chi connectivity index (χ1) is 10.0. The van der Waals surface area contributed by atoms with Crippen molar-refractivity contribution in [3.8, 4) is 0 Å². The van der Waals surface area contributed by atoms with Crippen LogP contribution < -0.4 is 0 Å². The van der Waals surface area contributed by atoms with E-state index < -0.39 is 0 Å². The first-order valence-corrected chi connectivity index (χ1v) is 8.06. The molecule has 0 aliphatic carbocycles. The molecule has 0 bridgehead atoms. The maximum atomic E-state index is 9.34. The van der Waals surface area contributed by atoms with Gasteiger partial charge in [-0.25, -0.2) is 0 Å². The number of hydrogen-bond acceptors (Lipinski definition) is 4. The molecule has 1 atom stereocenters. The van der Waals surface area contributed by atoms with E-state index in [9.17, 15) is 5.11 Å². The number of aromatic nitrogens is 2. The van der Waals surface area contributed by atoms with Crippen LogP contribution in [0.4, 0.5) is 0 Å². The average molecular weight is 294 g/mol. The maximum Gasteiger partial charge on any atom is 0.0537 e. The summed E-state index contributed by atoms with van der Waals surface area (Å²) in [5, 5.41) is 13.7. The van der Waals surface area contributed by atoms with Gasteiger partial charge < -0.3 is 5.11 Å². The van der Waals surface area contributed by atoms with Gasteiger partial charge in [0.1, 0.15) is 0 Å². The van der Waals surface area contributed by atoms with E-state index in [1.54, 1.807) is 0 Å². The van der Waals surface area contributed by atoms with Gasteiger partial charge in [-0.1, -0.05) is 13.8 Å². The number of hydrogen-bond donors (Lipinski definition) is 1. The van der Waals surface area contributed by atoms with Crippen molar-refractivity contribution in [3.05, 3.63) is 17.5 Å². The normalized spacial score (nSPS) is 21.3. The second kappa shape index (κ2) is 7.38. The summed E-state index contributed by atoms with van der Waals surface area (Å²) in [6, 6.07) is 0.475. The Labute approximate surface area is 128 Å². The molecule has 1 saturated heterocycles. The highest BCUT2D eigenvalue weighted by Crippen LogP contribution is 2.18. The molecule has 1 aromatic rings. The summed E-state index contributed by atoms with van der Waals surface area (Å²) in [6.45, 7) is 12.3. The highest BCUT2D eigenvalue weighted by molar-refractivity contribution is 5.15.